The summed E-state index contributed by atoms with van der Waals surface area (Å²) in [6.07, 6.45) is 1.88. The monoisotopic (exact) mass is 552 g/mol. The number of hydrogen-bond acceptors (Lipinski definition) is 9. The van der Waals surface area contributed by atoms with Gasteiger partial charge < -0.3 is 20.3 Å². The quantitative estimate of drug-likeness (QED) is 0.236. The third-order valence-electron chi connectivity index (χ3n) is 5.63. The first-order chi connectivity index (χ1) is 18.0. The number of nitrogens with one attached hydrogen (secondary N) is 2. The maximum absolute atomic E-state index is 12.3. The van der Waals surface area contributed by atoms with Crippen molar-refractivity contribution in [3.05, 3.63) is 69.9 Å². The lowest BCUT2D eigenvalue weighted by Gasteiger charge is -2.11. The highest BCUT2D eigenvalue weighted by molar-refractivity contribution is 7.25. The first-order valence-corrected chi connectivity index (χ1v) is 13.7. The molecule has 190 valence electrons. The average molecular weight is 553 g/mol. The van der Waals surface area contributed by atoms with Crippen molar-refractivity contribution in [3.8, 4) is 5.75 Å². The van der Waals surface area contributed by atoms with Gasteiger partial charge in [-0.25, -0.2) is 15.0 Å². The van der Waals surface area contributed by atoms with Gasteiger partial charge in [-0.15, -0.1) is 22.7 Å². The number of amides is 1. The number of nitrogens with zero attached hydrogens (tertiary/aromatic N) is 4. The van der Waals surface area contributed by atoms with Crippen LogP contribution in [0.2, 0.25) is 5.02 Å². The number of halogens is 1. The van der Waals surface area contributed by atoms with Crippen LogP contribution in [0.1, 0.15) is 11.3 Å². The first kappa shape index (κ1) is 25.3. The van der Waals surface area contributed by atoms with Gasteiger partial charge in [0.1, 0.15) is 29.3 Å². The average Bonchev–Trinajstić information content (AvgIpc) is 3.51. The topological polar surface area (TPSA) is 92.3 Å². The molecule has 0 fully saturated rings. The van der Waals surface area contributed by atoms with E-state index in [2.05, 4.69) is 31.7 Å². The van der Waals surface area contributed by atoms with Gasteiger partial charge in [0, 0.05) is 34.2 Å². The van der Waals surface area contributed by atoms with E-state index >= 15 is 0 Å². The Labute approximate surface area is 227 Å². The van der Waals surface area contributed by atoms with E-state index in [1.807, 2.05) is 54.7 Å². The van der Waals surface area contributed by atoms with Gasteiger partial charge in [0.15, 0.2) is 0 Å². The lowest BCUT2D eigenvalue weighted by atomic mass is 10.1. The number of thiophene rings is 1. The first-order valence-electron chi connectivity index (χ1n) is 11.6. The van der Waals surface area contributed by atoms with Crippen molar-refractivity contribution in [1.82, 2.24) is 25.2 Å². The Morgan fingerprint density at radius 2 is 2.03 bits per heavy atom. The molecule has 0 aliphatic heterocycles. The van der Waals surface area contributed by atoms with Crippen LogP contribution < -0.4 is 15.4 Å². The summed E-state index contributed by atoms with van der Waals surface area (Å²) in [5.41, 5.74) is 4.39. The SMILES string of the molecule is CN(C)CCNC(=O)Cc1ccc2c(c1)sc1ncnc(Nc3ccc(OCc4cscn4)c(Cl)c3)c12. The fraction of sp³-hybridized carbons (Fsp3) is 0.231. The fourth-order valence-electron chi connectivity index (χ4n) is 3.82. The molecule has 5 aromatic rings. The van der Waals surface area contributed by atoms with Gasteiger partial charge in [-0.2, -0.15) is 0 Å². The van der Waals surface area contributed by atoms with E-state index < -0.39 is 0 Å². The Hall–Kier alpha value is -3.31. The Morgan fingerprint density at radius 1 is 1.14 bits per heavy atom. The van der Waals surface area contributed by atoms with Crippen LogP contribution in [0, 0.1) is 0 Å². The van der Waals surface area contributed by atoms with E-state index in [4.69, 9.17) is 16.3 Å². The minimum absolute atomic E-state index is 0.0142. The second-order valence-electron chi connectivity index (χ2n) is 8.70. The van der Waals surface area contributed by atoms with Gasteiger partial charge in [-0.3, -0.25) is 4.79 Å². The molecule has 0 radical (unpaired) electrons. The normalized spacial score (nSPS) is 11.4. The molecule has 0 saturated carbocycles. The summed E-state index contributed by atoms with van der Waals surface area (Å²) in [5, 5.41) is 10.8. The molecule has 2 aromatic carbocycles. The molecule has 3 aromatic heterocycles. The number of likely N-dealkylation sites (N-methyl/N-ethyl adjacent to an activating group) is 1. The van der Waals surface area contributed by atoms with E-state index in [-0.39, 0.29) is 5.91 Å². The second-order valence-corrected chi connectivity index (χ2v) is 10.9. The van der Waals surface area contributed by atoms with Gasteiger partial charge >= 0.3 is 0 Å². The third kappa shape index (κ3) is 6.16. The Kier molecular flexibility index (Phi) is 7.80. The number of aromatic nitrogens is 3. The molecule has 0 atom stereocenters. The lowest BCUT2D eigenvalue weighted by molar-refractivity contribution is -0.120. The smallest absolute Gasteiger partial charge is 0.224 e. The lowest BCUT2D eigenvalue weighted by Crippen LogP contribution is -2.32. The number of carbonyl (C=O) groups is 1. The van der Waals surface area contributed by atoms with Gasteiger partial charge in [-0.05, 0) is 43.9 Å². The summed E-state index contributed by atoms with van der Waals surface area (Å²) in [6, 6.07) is 11.6. The largest absolute Gasteiger partial charge is 0.486 e. The molecule has 3 heterocycles. The molecule has 8 nitrogen and oxygen atoms in total. The summed E-state index contributed by atoms with van der Waals surface area (Å²) >= 11 is 9.59. The summed E-state index contributed by atoms with van der Waals surface area (Å²) in [6.45, 7) is 1.80. The maximum atomic E-state index is 12.3. The molecule has 37 heavy (non-hydrogen) atoms. The summed E-state index contributed by atoms with van der Waals surface area (Å²) < 4.78 is 6.86. The molecular formula is C26H25ClN6O2S2. The Balaban J connectivity index is 1.33. The van der Waals surface area contributed by atoms with E-state index in [0.29, 0.717) is 36.2 Å². The number of anilines is 2. The van der Waals surface area contributed by atoms with Gasteiger partial charge in [0.05, 0.1) is 28.0 Å². The minimum atomic E-state index is 0.0142. The number of rotatable bonds is 10. The molecule has 11 heteroatoms. The summed E-state index contributed by atoms with van der Waals surface area (Å²) in [5.74, 6) is 1.30. The molecule has 0 saturated heterocycles. The summed E-state index contributed by atoms with van der Waals surface area (Å²) in [4.78, 5) is 28.4. The molecule has 0 unspecified atom stereocenters. The van der Waals surface area contributed by atoms with Crippen LogP contribution in [0.4, 0.5) is 11.5 Å². The van der Waals surface area contributed by atoms with Gasteiger partial charge in [0.25, 0.3) is 0 Å². The Bertz CT molecular complexity index is 1540. The van der Waals surface area contributed by atoms with Crippen molar-refractivity contribution in [2.24, 2.45) is 0 Å². The fourth-order valence-corrected chi connectivity index (χ4v) is 5.70. The number of thiazole rings is 1. The number of carbonyl (C=O) groups excluding carboxylic acids is 1. The van der Waals surface area contributed by atoms with Crippen LogP contribution in [0.3, 0.4) is 0 Å². The highest BCUT2D eigenvalue weighted by Crippen LogP contribution is 2.38. The van der Waals surface area contributed by atoms with Crippen molar-refractivity contribution < 1.29 is 9.53 Å². The molecule has 0 aliphatic carbocycles. The van der Waals surface area contributed by atoms with Crippen LogP contribution in [0.15, 0.2) is 53.6 Å². The maximum Gasteiger partial charge on any atom is 0.224 e. The molecule has 0 aliphatic rings. The molecule has 2 N–H and O–H groups in total. The minimum Gasteiger partial charge on any atom is -0.486 e. The van der Waals surface area contributed by atoms with Crippen LogP contribution in [-0.2, 0) is 17.8 Å². The summed E-state index contributed by atoms with van der Waals surface area (Å²) in [7, 11) is 3.97. The number of benzene rings is 2. The highest BCUT2D eigenvalue weighted by atomic mass is 35.5. The number of fused-ring (bicyclic) bond motifs is 3. The van der Waals surface area contributed by atoms with Crippen molar-refractivity contribution in [2.75, 3.05) is 32.5 Å². The highest BCUT2D eigenvalue weighted by Gasteiger charge is 2.14. The van der Waals surface area contributed by atoms with Crippen molar-refractivity contribution in [2.45, 2.75) is 13.0 Å². The van der Waals surface area contributed by atoms with Crippen LogP contribution in [-0.4, -0.2) is 52.9 Å². The predicted molar refractivity (Wildman–Crippen MR) is 151 cm³/mol. The number of ether oxygens (including phenoxy) is 1. The number of hydrogen-bond donors (Lipinski definition) is 2. The van der Waals surface area contributed by atoms with E-state index in [1.165, 1.54) is 11.3 Å². The van der Waals surface area contributed by atoms with Crippen LogP contribution >= 0.6 is 34.3 Å². The molecule has 0 spiro atoms. The van der Waals surface area contributed by atoms with Crippen LogP contribution in [0.5, 0.6) is 5.75 Å². The van der Waals surface area contributed by atoms with Crippen molar-refractivity contribution >= 4 is 72.0 Å². The zero-order valence-corrected chi connectivity index (χ0v) is 22.7. The van der Waals surface area contributed by atoms with E-state index in [9.17, 15) is 4.79 Å². The second kappa shape index (κ2) is 11.4. The van der Waals surface area contributed by atoms with Crippen LogP contribution in [0.25, 0.3) is 20.3 Å². The third-order valence-corrected chi connectivity index (χ3v) is 7.63. The standard InChI is InChI=1S/C26H25ClN6O2S2/c1-33(2)8-7-28-23(34)10-16-3-5-19-22(9-16)37-26-24(19)25(29-14-30-26)32-17-4-6-21(20(27)11-17)35-12-18-13-36-15-31-18/h3-6,9,11,13-15H,7-8,10,12H2,1-2H3,(H,28,34)(H,29,30,32). The van der Waals surface area contributed by atoms with E-state index in [0.717, 1.165) is 43.8 Å². The van der Waals surface area contributed by atoms with Crippen molar-refractivity contribution in [3.63, 3.8) is 0 Å². The molecular weight excluding hydrogens is 528 g/mol. The molecule has 0 bridgehead atoms. The predicted octanol–water partition coefficient (Wildman–Crippen LogP) is 5.50. The Morgan fingerprint density at radius 3 is 2.81 bits per heavy atom. The zero-order valence-electron chi connectivity index (χ0n) is 20.3. The molecule has 5 rings (SSSR count). The van der Waals surface area contributed by atoms with Gasteiger partial charge in [0.2, 0.25) is 5.91 Å². The van der Waals surface area contributed by atoms with Gasteiger partial charge in [-0.1, -0.05) is 23.7 Å². The van der Waals surface area contributed by atoms with Crippen molar-refractivity contribution in [1.29, 1.82) is 0 Å². The molecule has 1 amide bonds. The zero-order chi connectivity index (χ0) is 25.8. The van der Waals surface area contributed by atoms with E-state index in [1.54, 1.807) is 23.2 Å².